The molecule has 0 spiro atoms. The van der Waals surface area contributed by atoms with E-state index in [1.165, 1.54) is 11.4 Å². The van der Waals surface area contributed by atoms with Crippen LogP contribution in [-0.2, 0) is 13.5 Å². The Bertz CT molecular complexity index is 475. The Morgan fingerprint density at radius 3 is 2.50 bits per heavy atom. The summed E-state index contributed by atoms with van der Waals surface area (Å²) in [6.07, 6.45) is 0.891. The van der Waals surface area contributed by atoms with E-state index < -0.39 is 0 Å². The molecule has 2 heterocycles. The average Bonchev–Trinajstić information content (AvgIpc) is 2.57. The van der Waals surface area contributed by atoms with E-state index in [1.807, 2.05) is 11.7 Å². The van der Waals surface area contributed by atoms with Crippen molar-refractivity contribution in [2.75, 3.05) is 31.6 Å². The van der Waals surface area contributed by atoms with E-state index in [4.69, 9.17) is 5.73 Å². The van der Waals surface area contributed by atoms with Crippen molar-refractivity contribution in [3.63, 3.8) is 0 Å². The van der Waals surface area contributed by atoms with E-state index in [0.29, 0.717) is 0 Å². The fraction of sp³-hybridized carbons (Fsp3) is 0.800. The van der Waals surface area contributed by atoms with E-state index in [9.17, 15) is 0 Å². The van der Waals surface area contributed by atoms with Gasteiger partial charge in [-0.05, 0) is 41.2 Å². The minimum absolute atomic E-state index is 0.164. The smallest absolute Gasteiger partial charge is 0.130 e. The minimum Gasteiger partial charge on any atom is -0.353 e. The van der Waals surface area contributed by atoms with E-state index in [2.05, 4.69) is 49.6 Å². The van der Waals surface area contributed by atoms with Gasteiger partial charge in [0.25, 0.3) is 0 Å². The van der Waals surface area contributed by atoms with Crippen LogP contribution in [0, 0.1) is 6.92 Å². The number of likely N-dealkylation sites (N-methyl/N-ethyl adjacent to an activating group) is 1. The molecule has 1 unspecified atom stereocenters. The fourth-order valence-corrected chi connectivity index (χ4v) is 3.07. The first-order chi connectivity index (χ1) is 9.22. The van der Waals surface area contributed by atoms with Gasteiger partial charge < -0.3 is 10.6 Å². The molecular formula is C15H29N5. The molecule has 0 radical (unpaired) electrons. The normalized spacial score (nSPS) is 21.2. The summed E-state index contributed by atoms with van der Waals surface area (Å²) in [4.78, 5) is 4.90. The van der Waals surface area contributed by atoms with Gasteiger partial charge >= 0.3 is 0 Å². The molecule has 1 aromatic rings. The second-order valence-corrected chi connectivity index (χ2v) is 6.85. The van der Waals surface area contributed by atoms with Crippen LogP contribution >= 0.6 is 0 Å². The molecule has 114 valence electrons. The first-order valence-corrected chi connectivity index (χ1v) is 7.46. The number of aromatic nitrogens is 2. The Morgan fingerprint density at radius 1 is 1.30 bits per heavy atom. The zero-order valence-corrected chi connectivity index (χ0v) is 13.8. The highest BCUT2D eigenvalue weighted by Gasteiger charge is 2.33. The number of nitrogens with zero attached hydrogens (tertiary/aromatic N) is 4. The van der Waals surface area contributed by atoms with Crippen LogP contribution in [0.4, 0.5) is 5.82 Å². The molecule has 20 heavy (non-hydrogen) atoms. The molecule has 0 aliphatic carbocycles. The van der Waals surface area contributed by atoms with Gasteiger partial charge in [-0.25, -0.2) is 0 Å². The molecule has 1 aromatic heterocycles. The molecule has 0 amide bonds. The molecule has 1 atom stereocenters. The molecular weight excluding hydrogens is 250 g/mol. The lowest BCUT2D eigenvalue weighted by molar-refractivity contribution is 0.138. The third-order valence-corrected chi connectivity index (χ3v) is 4.46. The van der Waals surface area contributed by atoms with Gasteiger partial charge in [-0.3, -0.25) is 9.58 Å². The molecule has 1 saturated heterocycles. The summed E-state index contributed by atoms with van der Waals surface area (Å²) in [6, 6.07) is 0.164. The van der Waals surface area contributed by atoms with Crippen molar-refractivity contribution >= 4 is 5.82 Å². The number of rotatable bonds is 3. The Labute approximate surface area is 122 Å². The molecule has 5 nitrogen and oxygen atoms in total. The second kappa shape index (κ2) is 5.37. The van der Waals surface area contributed by atoms with Crippen LogP contribution in [-0.4, -0.2) is 52.9 Å². The van der Waals surface area contributed by atoms with Crippen molar-refractivity contribution in [2.24, 2.45) is 12.8 Å². The Kier molecular flexibility index (Phi) is 4.12. The largest absolute Gasteiger partial charge is 0.353 e. The lowest BCUT2D eigenvalue weighted by atomic mass is 9.98. The topological polar surface area (TPSA) is 50.3 Å². The van der Waals surface area contributed by atoms with Gasteiger partial charge in [0.15, 0.2) is 0 Å². The van der Waals surface area contributed by atoms with Crippen molar-refractivity contribution in [1.29, 1.82) is 0 Å². The van der Waals surface area contributed by atoms with Gasteiger partial charge in [-0.1, -0.05) is 0 Å². The average molecular weight is 279 g/mol. The predicted molar refractivity (Wildman–Crippen MR) is 84.2 cm³/mol. The Hall–Kier alpha value is -1.07. The summed E-state index contributed by atoms with van der Waals surface area (Å²) in [5, 5.41) is 4.61. The number of hydrogen-bond acceptors (Lipinski definition) is 4. The van der Waals surface area contributed by atoms with Gasteiger partial charge in [-0.15, -0.1) is 0 Å². The standard InChI is InChI=1S/C15H29N5/c1-11(16)9-13-12(2)17-19(6)14(13)20-8-7-18(5)15(3,4)10-20/h11H,7-10,16H2,1-6H3. The van der Waals surface area contributed by atoms with Crippen molar-refractivity contribution in [3.8, 4) is 0 Å². The maximum atomic E-state index is 6.01. The molecule has 0 aromatic carbocycles. The fourth-order valence-electron chi connectivity index (χ4n) is 3.07. The minimum atomic E-state index is 0.164. The molecule has 1 aliphatic rings. The van der Waals surface area contributed by atoms with Crippen molar-refractivity contribution in [1.82, 2.24) is 14.7 Å². The molecule has 2 N–H and O–H groups in total. The van der Waals surface area contributed by atoms with Gasteiger partial charge in [0.05, 0.1) is 5.69 Å². The Balaban J connectivity index is 2.33. The van der Waals surface area contributed by atoms with Crippen LogP contribution in [0.5, 0.6) is 0 Å². The van der Waals surface area contributed by atoms with Crippen LogP contribution in [0.25, 0.3) is 0 Å². The quantitative estimate of drug-likeness (QED) is 0.902. The number of aryl methyl sites for hydroxylation is 2. The molecule has 0 saturated carbocycles. The van der Waals surface area contributed by atoms with Crippen molar-refractivity contribution < 1.29 is 0 Å². The highest BCUT2D eigenvalue weighted by atomic mass is 15.4. The molecule has 0 bridgehead atoms. The van der Waals surface area contributed by atoms with E-state index >= 15 is 0 Å². The molecule has 1 aliphatic heterocycles. The number of anilines is 1. The Morgan fingerprint density at radius 2 is 1.95 bits per heavy atom. The van der Waals surface area contributed by atoms with Crippen molar-refractivity contribution in [2.45, 2.75) is 45.7 Å². The molecule has 5 heteroatoms. The van der Waals surface area contributed by atoms with Gasteiger partial charge in [-0.2, -0.15) is 5.10 Å². The van der Waals surface area contributed by atoms with E-state index in [1.54, 1.807) is 0 Å². The maximum absolute atomic E-state index is 6.01. The van der Waals surface area contributed by atoms with Crippen molar-refractivity contribution in [3.05, 3.63) is 11.3 Å². The summed E-state index contributed by atoms with van der Waals surface area (Å²) in [6.45, 7) is 11.9. The number of hydrogen-bond donors (Lipinski definition) is 1. The van der Waals surface area contributed by atoms with E-state index in [0.717, 1.165) is 31.7 Å². The highest BCUT2D eigenvalue weighted by Crippen LogP contribution is 2.29. The first-order valence-electron chi connectivity index (χ1n) is 7.46. The predicted octanol–water partition coefficient (Wildman–Crippen LogP) is 1.15. The molecule has 2 rings (SSSR count). The summed E-state index contributed by atoms with van der Waals surface area (Å²) in [7, 11) is 4.24. The zero-order valence-electron chi connectivity index (χ0n) is 13.8. The zero-order chi connectivity index (χ0) is 15.1. The van der Waals surface area contributed by atoms with Crippen LogP contribution in [0.2, 0.25) is 0 Å². The van der Waals surface area contributed by atoms with Crippen LogP contribution in [0.3, 0.4) is 0 Å². The molecule has 1 fully saturated rings. The first kappa shape index (κ1) is 15.3. The van der Waals surface area contributed by atoms with Crippen LogP contribution < -0.4 is 10.6 Å². The maximum Gasteiger partial charge on any atom is 0.130 e. The number of piperazine rings is 1. The number of nitrogens with two attached hydrogens (primary N) is 1. The monoisotopic (exact) mass is 279 g/mol. The van der Waals surface area contributed by atoms with Gasteiger partial charge in [0.1, 0.15) is 5.82 Å². The van der Waals surface area contributed by atoms with Crippen LogP contribution in [0.15, 0.2) is 0 Å². The SMILES string of the molecule is Cc1nn(C)c(N2CCN(C)C(C)(C)C2)c1CC(C)N. The van der Waals surface area contributed by atoms with E-state index in [-0.39, 0.29) is 11.6 Å². The van der Waals surface area contributed by atoms with Gasteiger partial charge in [0.2, 0.25) is 0 Å². The summed E-state index contributed by atoms with van der Waals surface area (Å²) in [5.41, 5.74) is 8.61. The third-order valence-electron chi connectivity index (χ3n) is 4.46. The second-order valence-electron chi connectivity index (χ2n) is 6.85. The highest BCUT2D eigenvalue weighted by molar-refractivity contribution is 5.51. The summed E-state index contributed by atoms with van der Waals surface area (Å²) >= 11 is 0. The van der Waals surface area contributed by atoms with Gasteiger partial charge in [0, 0.05) is 43.8 Å². The lowest BCUT2D eigenvalue weighted by Gasteiger charge is -2.46. The lowest BCUT2D eigenvalue weighted by Crippen LogP contribution is -2.58. The summed E-state index contributed by atoms with van der Waals surface area (Å²) < 4.78 is 2.02. The third kappa shape index (κ3) is 2.83. The van der Waals surface area contributed by atoms with Crippen LogP contribution in [0.1, 0.15) is 32.0 Å². The summed E-state index contributed by atoms with van der Waals surface area (Å²) in [5.74, 6) is 1.25.